The molecule has 0 saturated carbocycles. The molecule has 3 rings (SSSR count). The fraction of sp³-hybridized carbons (Fsp3) is 0.348. The number of rotatable bonds is 8. The van der Waals surface area contributed by atoms with Crippen LogP contribution >= 0.6 is 0 Å². The molecule has 13 heteroatoms. The van der Waals surface area contributed by atoms with E-state index < -0.39 is 23.8 Å². The van der Waals surface area contributed by atoms with E-state index in [-0.39, 0.29) is 24.4 Å². The summed E-state index contributed by atoms with van der Waals surface area (Å²) in [6.07, 6.45) is 1.62. The highest BCUT2D eigenvalue weighted by Crippen LogP contribution is 2.31. The topological polar surface area (TPSA) is 127 Å². The minimum absolute atomic E-state index is 0.189. The van der Waals surface area contributed by atoms with Crippen molar-refractivity contribution in [2.24, 2.45) is 4.99 Å². The summed E-state index contributed by atoms with van der Waals surface area (Å²) in [5.74, 6) is -1.91. The van der Waals surface area contributed by atoms with Gasteiger partial charge in [0.2, 0.25) is 5.95 Å². The monoisotopic (exact) mass is 505 g/mol. The zero-order valence-corrected chi connectivity index (χ0v) is 19.9. The van der Waals surface area contributed by atoms with E-state index in [1.165, 1.54) is 31.6 Å². The Hall–Kier alpha value is -3.84. The summed E-state index contributed by atoms with van der Waals surface area (Å²) in [5, 5.41) is 22.9. The zero-order valence-electron chi connectivity index (χ0n) is 19.9. The third kappa shape index (κ3) is 6.04. The number of halogens is 3. The van der Waals surface area contributed by atoms with Gasteiger partial charge in [-0.15, -0.1) is 0 Å². The van der Waals surface area contributed by atoms with Gasteiger partial charge in [0.25, 0.3) is 5.91 Å². The van der Waals surface area contributed by atoms with Gasteiger partial charge in [-0.3, -0.25) is 19.8 Å². The van der Waals surface area contributed by atoms with Crippen molar-refractivity contribution in [1.82, 2.24) is 19.9 Å². The lowest BCUT2D eigenvalue weighted by Crippen LogP contribution is -2.44. The van der Waals surface area contributed by atoms with Crippen molar-refractivity contribution in [3.05, 3.63) is 59.7 Å². The van der Waals surface area contributed by atoms with Gasteiger partial charge in [-0.25, -0.2) is 9.78 Å². The third-order valence-electron chi connectivity index (χ3n) is 5.50. The molecule has 0 bridgehead atoms. The summed E-state index contributed by atoms with van der Waals surface area (Å²) >= 11 is 0. The smallest absolute Gasteiger partial charge is 0.351 e. The Morgan fingerprint density at radius 3 is 2.64 bits per heavy atom. The van der Waals surface area contributed by atoms with E-state index in [9.17, 15) is 28.2 Å². The molecule has 0 aliphatic carbocycles. The zero-order chi connectivity index (χ0) is 26.7. The highest BCUT2D eigenvalue weighted by Gasteiger charge is 2.46. The lowest BCUT2D eigenvalue weighted by Gasteiger charge is -2.20. The number of anilines is 2. The van der Waals surface area contributed by atoms with Crippen LogP contribution in [0.2, 0.25) is 0 Å². The number of β-amino-alcohol motifs (C(OH)–C–C–N with tert-alkyl or cyclic N) is 2. The number of allylic oxidation sites excluding steroid dienone is 2. The van der Waals surface area contributed by atoms with Gasteiger partial charge in [0.05, 0.1) is 0 Å². The van der Waals surface area contributed by atoms with Crippen molar-refractivity contribution >= 4 is 30.1 Å². The molecule has 0 spiro atoms. The second-order valence-electron chi connectivity index (χ2n) is 8.26. The fourth-order valence-electron chi connectivity index (χ4n) is 3.46. The third-order valence-corrected chi connectivity index (χ3v) is 5.50. The van der Waals surface area contributed by atoms with Crippen molar-refractivity contribution in [3.63, 3.8) is 0 Å². The van der Waals surface area contributed by atoms with Gasteiger partial charge in [0.15, 0.2) is 0 Å². The van der Waals surface area contributed by atoms with Crippen LogP contribution in [0, 0.1) is 0 Å². The van der Waals surface area contributed by atoms with Crippen molar-refractivity contribution in [2.45, 2.75) is 38.4 Å². The summed E-state index contributed by atoms with van der Waals surface area (Å²) in [6.45, 7) is 6.63. The number of carbonyl (C=O) groups is 1. The quantitative estimate of drug-likeness (QED) is 0.285. The van der Waals surface area contributed by atoms with Crippen LogP contribution in [-0.4, -0.2) is 68.4 Å². The number of likely N-dealkylation sites (N-methyl/N-ethyl adjacent to an activating group) is 1. The molecule has 192 valence electrons. The van der Waals surface area contributed by atoms with E-state index in [0.29, 0.717) is 23.1 Å². The number of carbonyl (C=O) groups excluding carboxylic acids is 1. The molecule has 2 amide bonds. The van der Waals surface area contributed by atoms with E-state index in [2.05, 4.69) is 32.0 Å². The summed E-state index contributed by atoms with van der Waals surface area (Å²) in [7, 11) is 1.26. The maximum absolute atomic E-state index is 13.1. The first kappa shape index (κ1) is 26.8. The Labute approximate surface area is 205 Å². The van der Waals surface area contributed by atoms with Crippen LogP contribution in [0.5, 0.6) is 0 Å². The van der Waals surface area contributed by atoms with E-state index >= 15 is 0 Å². The van der Waals surface area contributed by atoms with Crippen LogP contribution in [-0.2, 0) is 6.18 Å². The Morgan fingerprint density at radius 2 is 2.03 bits per heavy atom. The van der Waals surface area contributed by atoms with Gasteiger partial charge in [0.1, 0.15) is 18.1 Å². The first-order valence-corrected chi connectivity index (χ1v) is 10.8. The Morgan fingerprint density at radius 1 is 1.33 bits per heavy atom. The number of hydrogen-bond acceptors (Lipinski definition) is 8. The van der Waals surface area contributed by atoms with Gasteiger partial charge < -0.3 is 15.5 Å². The number of aromatic nitrogens is 3. The van der Waals surface area contributed by atoms with Crippen LogP contribution in [0.3, 0.4) is 0 Å². The minimum Gasteiger partial charge on any atom is -0.351 e. The van der Waals surface area contributed by atoms with Crippen LogP contribution in [0.15, 0.2) is 53.4 Å². The lowest BCUT2D eigenvalue weighted by atomic mass is 9.98. The summed E-state index contributed by atoms with van der Waals surface area (Å²) < 4.78 is 39.3. The number of nitrogens with one attached hydrogen (secondary N) is 1. The standard InChI is InChI=1S/C23H26F3N7O3/c1-14(17(12-27-3)16-7-9-28-18(11-16)23(24,25)26)5-6-15(2)30-20-29-10-8-19(31-20)33-13-22(35,36)32(4)21(33)34/h5,7-12,15,35-36H,3,6,13H2,1-2,4H3,(H,29,30,31)/b14-5-,17-12+. The molecule has 1 fully saturated rings. The second-order valence-corrected chi connectivity index (χ2v) is 8.26. The number of hydrogen-bond donors (Lipinski definition) is 3. The number of aliphatic hydroxyl groups is 2. The van der Waals surface area contributed by atoms with Crippen molar-refractivity contribution < 1.29 is 28.2 Å². The lowest BCUT2D eigenvalue weighted by molar-refractivity contribution is -0.214. The number of aliphatic imine (C=N–C) groups is 1. The molecule has 3 heterocycles. The molecular formula is C23H26F3N7O3. The highest BCUT2D eigenvalue weighted by molar-refractivity contribution is 5.93. The van der Waals surface area contributed by atoms with Gasteiger partial charge in [-0.2, -0.15) is 18.2 Å². The summed E-state index contributed by atoms with van der Waals surface area (Å²) in [4.78, 5) is 29.7. The molecule has 1 saturated heterocycles. The number of urea groups is 1. The van der Waals surface area contributed by atoms with Crippen LogP contribution in [0.1, 0.15) is 31.5 Å². The molecule has 1 aliphatic rings. The number of amides is 2. The predicted molar refractivity (Wildman–Crippen MR) is 128 cm³/mol. The van der Waals surface area contributed by atoms with Crippen molar-refractivity contribution in [2.75, 3.05) is 23.8 Å². The molecule has 1 unspecified atom stereocenters. The summed E-state index contributed by atoms with van der Waals surface area (Å²) in [5.41, 5.74) is 0.450. The Bertz CT molecular complexity index is 1200. The Kier molecular flexibility index (Phi) is 7.74. The maximum Gasteiger partial charge on any atom is 0.433 e. The largest absolute Gasteiger partial charge is 0.433 e. The first-order chi connectivity index (χ1) is 16.8. The number of alkyl halides is 3. The molecular weight excluding hydrogens is 479 g/mol. The molecule has 0 radical (unpaired) electrons. The van der Waals surface area contributed by atoms with E-state index in [4.69, 9.17) is 0 Å². The van der Waals surface area contributed by atoms with Crippen LogP contribution in [0.4, 0.5) is 29.7 Å². The molecule has 10 nitrogen and oxygen atoms in total. The molecule has 36 heavy (non-hydrogen) atoms. The average molecular weight is 506 g/mol. The average Bonchev–Trinajstić information content (AvgIpc) is 3.03. The number of pyridine rings is 1. The SMILES string of the molecule is C=N/C=C(\C(C)=C/CC(C)Nc1nccc(N2CC(O)(O)N(C)C2=O)n1)c1ccnc(C(F)(F)F)c1. The Balaban J connectivity index is 1.72. The van der Waals surface area contributed by atoms with Crippen LogP contribution in [0.25, 0.3) is 5.57 Å². The molecule has 2 aromatic heterocycles. The fourth-order valence-corrected chi connectivity index (χ4v) is 3.46. The molecule has 1 atom stereocenters. The van der Waals surface area contributed by atoms with E-state index in [0.717, 1.165) is 22.1 Å². The first-order valence-electron chi connectivity index (χ1n) is 10.8. The second kappa shape index (κ2) is 10.4. The molecule has 0 aromatic carbocycles. The molecule has 3 N–H and O–H groups in total. The maximum atomic E-state index is 13.1. The van der Waals surface area contributed by atoms with E-state index in [1.54, 1.807) is 6.92 Å². The number of nitrogens with zero attached hydrogens (tertiary/aromatic N) is 6. The van der Waals surface area contributed by atoms with Gasteiger partial charge in [-0.05, 0) is 56.3 Å². The normalized spacial score (nSPS) is 17.4. The van der Waals surface area contributed by atoms with Gasteiger partial charge >= 0.3 is 12.2 Å². The molecule has 1 aliphatic heterocycles. The summed E-state index contributed by atoms with van der Waals surface area (Å²) in [6, 6.07) is 3.06. The van der Waals surface area contributed by atoms with Gasteiger partial charge in [0, 0.05) is 37.3 Å². The van der Waals surface area contributed by atoms with Crippen LogP contribution < -0.4 is 10.2 Å². The predicted octanol–water partition coefficient (Wildman–Crippen LogP) is 3.28. The van der Waals surface area contributed by atoms with E-state index in [1.807, 2.05) is 13.0 Å². The van der Waals surface area contributed by atoms with Crippen molar-refractivity contribution in [3.8, 4) is 0 Å². The highest BCUT2D eigenvalue weighted by atomic mass is 19.4. The van der Waals surface area contributed by atoms with Crippen molar-refractivity contribution in [1.29, 1.82) is 0 Å². The molecule has 2 aromatic rings. The van der Waals surface area contributed by atoms with Gasteiger partial charge in [-0.1, -0.05) is 6.08 Å². The minimum atomic E-state index is -4.57.